The fourth-order valence-electron chi connectivity index (χ4n) is 2.14. The van der Waals surface area contributed by atoms with Gasteiger partial charge in [-0.3, -0.25) is 4.79 Å². The first-order chi connectivity index (χ1) is 13.1. The van der Waals surface area contributed by atoms with Gasteiger partial charge in [0.05, 0.1) is 12.8 Å². The number of nitrogens with zero attached hydrogens (tertiary/aromatic N) is 1. The second-order valence-corrected chi connectivity index (χ2v) is 5.58. The zero-order valence-electron chi connectivity index (χ0n) is 14.5. The Kier molecular flexibility index (Phi) is 5.73. The van der Waals surface area contributed by atoms with Crippen molar-refractivity contribution in [3.8, 4) is 5.88 Å². The van der Waals surface area contributed by atoms with Gasteiger partial charge in [0.1, 0.15) is 11.5 Å². The molecule has 9 nitrogen and oxygen atoms in total. The van der Waals surface area contributed by atoms with Gasteiger partial charge < -0.3 is 29.6 Å². The van der Waals surface area contributed by atoms with E-state index in [2.05, 4.69) is 21.1 Å². The van der Waals surface area contributed by atoms with Crippen LogP contribution in [0.3, 0.4) is 0 Å². The van der Waals surface area contributed by atoms with Crippen molar-refractivity contribution in [1.29, 1.82) is 0 Å². The zero-order valence-corrected chi connectivity index (χ0v) is 14.5. The molecule has 27 heavy (non-hydrogen) atoms. The number of benzene rings is 1. The summed E-state index contributed by atoms with van der Waals surface area (Å²) in [7, 11) is 0. The monoisotopic (exact) mass is 370 g/mol. The first-order valence-corrected chi connectivity index (χ1v) is 8.12. The van der Waals surface area contributed by atoms with Gasteiger partial charge >= 0.3 is 6.03 Å². The van der Waals surface area contributed by atoms with Crippen LogP contribution in [0.5, 0.6) is 5.88 Å². The maximum absolute atomic E-state index is 11.9. The minimum absolute atomic E-state index is 0.193. The lowest BCUT2D eigenvalue weighted by atomic mass is 10.3. The Labute approximate surface area is 154 Å². The van der Waals surface area contributed by atoms with E-state index in [0.29, 0.717) is 22.9 Å². The van der Waals surface area contributed by atoms with Gasteiger partial charge in [-0.05, 0) is 48.5 Å². The number of carbonyl (C=O) groups is 2. The fraction of sp³-hybridized carbons (Fsp3) is 0.167. The van der Waals surface area contributed by atoms with Crippen LogP contribution in [0, 0.1) is 6.92 Å². The summed E-state index contributed by atoms with van der Waals surface area (Å²) < 4.78 is 15.2. The number of aryl methyl sites for hydroxylation is 1. The lowest BCUT2D eigenvalue weighted by Crippen LogP contribution is -2.28. The number of amides is 3. The summed E-state index contributed by atoms with van der Waals surface area (Å²) >= 11 is 0. The number of urea groups is 1. The summed E-state index contributed by atoms with van der Waals surface area (Å²) in [5.74, 6) is 1.17. The minimum atomic E-state index is -0.362. The van der Waals surface area contributed by atoms with Crippen LogP contribution in [0.4, 0.5) is 16.2 Å². The van der Waals surface area contributed by atoms with Crippen LogP contribution in [-0.4, -0.2) is 23.7 Å². The summed E-state index contributed by atoms with van der Waals surface area (Å²) in [6.45, 7) is 1.83. The highest BCUT2D eigenvalue weighted by Crippen LogP contribution is 2.14. The van der Waals surface area contributed by atoms with Crippen molar-refractivity contribution < 1.29 is 23.3 Å². The molecule has 0 unspecified atom stereocenters. The lowest BCUT2D eigenvalue weighted by molar-refractivity contribution is -0.118. The predicted octanol–water partition coefficient (Wildman–Crippen LogP) is 2.92. The molecule has 0 aliphatic rings. The number of nitrogens with one attached hydrogen (secondary N) is 3. The van der Waals surface area contributed by atoms with Crippen molar-refractivity contribution in [3.05, 3.63) is 60.2 Å². The smallest absolute Gasteiger partial charge is 0.319 e. The van der Waals surface area contributed by atoms with E-state index in [-0.39, 0.29) is 31.0 Å². The second kappa shape index (κ2) is 8.56. The molecule has 0 atom stereocenters. The first kappa shape index (κ1) is 18.1. The maximum Gasteiger partial charge on any atom is 0.319 e. The van der Waals surface area contributed by atoms with Crippen LogP contribution in [0.2, 0.25) is 0 Å². The van der Waals surface area contributed by atoms with Gasteiger partial charge in [-0.25, -0.2) is 4.79 Å². The second-order valence-electron chi connectivity index (χ2n) is 5.58. The molecule has 3 rings (SSSR count). The molecular weight excluding hydrogens is 352 g/mol. The Hall–Kier alpha value is -3.75. The molecule has 0 saturated heterocycles. The number of carbonyl (C=O) groups excluding carboxylic acids is 2. The Balaban J connectivity index is 1.42. The van der Waals surface area contributed by atoms with E-state index in [1.807, 2.05) is 0 Å². The van der Waals surface area contributed by atoms with E-state index in [1.54, 1.807) is 55.7 Å². The number of aromatic nitrogens is 1. The standard InChI is InChI=1S/C18H18N4O5/c1-12-9-17(22-27-12)26-11-16(23)20-13-4-6-14(7-5-13)21-18(24)19-10-15-3-2-8-25-15/h2-9H,10-11H2,1H3,(H,20,23)(H2,19,21,24). The molecule has 0 bridgehead atoms. The molecule has 3 aromatic rings. The molecular formula is C18H18N4O5. The van der Waals surface area contributed by atoms with Crippen LogP contribution < -0.4 is 20.7 Å². The number of hydrogen-bond donors (Lipinski definition) is 3. The Morgan fingerprint density at radius 2 is 1.85 bits per heavy atom. The predicted molar refractivity (Wildman–Crippen MR) is 96.4 cm³/mol. The van der Waals surface area contributed by atoms with Gasteiger partial charge in [0.2, 0.25) is 0 Å². The van der Waals surface area contributed by atoms with E-state index in [1.165, 1.54) is 0 Å². The van der Waals surface area contributed by atoms with Crippen LogP contribution in [0.25, 0.3) is 0 Å². The molecule has 1 aromatic carbocycles. The molecule has 2 heterocycles. The van der Waals surface area contributed by atoms with Gasteiger partial charge in [0.15, 0.2) is 6.61 Å². The minimum Gasteiger partial charge on any atom is -0.467 e. The quantitative estimate of drug-likeness (QED) is 0.588. The summed E-state index contributed by atoms with van der Waals surface area (Å²) in [6, 6.07) is 11.4. The van der Waals surface area contributed by atoms with E-state index in [4.69, 9.17) is 13.7 Å². The van der Waals surface area contributed by atoms with Crippen molar-refractivity contribution in [2.24, 2.45) is 0 Å². The van der Waals surface area contributed by atoms with Crippen LogP contribution in [-0.2, 0) is 11.3 Å². The Bertz CT molecular complexity index is 887. The molecule has 3 amide bonds. The van der Waals surface area contributed by atoms with Crippen molar-refractivity contribution in [1.82, 2.24) is 10.5 Å². The van der Waals surface area contributed by atoms with E-state index in [0.717, 1.165) is 0 Å². The number of hydrogen-bond acceptors (Lipinski definition) is 6. The van der Waals surface area contributed by atoms with Crippen molar-refractivity contribution in [2.45, 2.75) is 13.5 Å². The summed E-state index contributed by atoms with van der Waals surface area (Å²) in [5.41, 5.74) is 1.15. The maximum atomic E-state index is 11.9. The molecule has 140 valence electrons. The van der Waals surface area contributed by atoms with Gasteiger partial charge in [-0.2, -0.15) is 0 Å². The van der Waals surface area contributed by atoms with E-state index < -0.39 is 0 Å². The van der Waals surface area contributed by atoms with Gasteiger partial charge in [0, 0.05) is 17.4 Å². The van der Waals surface area contributed by atoms with Crippen LogP contribution in [0.1, 0.15) is 11.5 Å². The summed E-state index contributed by atoms with van der Waals surface area (Å²) in [4.78, 5) is 23.7. The molecule has 0 aliphatic carbocycles. The topological polar surface area (TPSA) is 119 Å². The average molecular weight is 370 g/mol. The number of ether oxygens (including phenoxy) is 1. The average Bonchev–Trinajstić information content (AvgIpc) is 3.31. The van der Waals surface area contributed by atoms with E-state index >= 15 is 0 Å². The number of furan rings is 1. The molecule has 0 saturated carbocycles. The van der Waals surface area contributed by atoms with Gasteiger partial charge in [-0.1, -0.05) is 0 Å². The Morgan fingerprint density at radius 3 is 2.48 bits per heavy atom. The van der Waals surface area contributed by atoms with Crippen molar-refractivity contribution in [2.75, 3.05) is 17.2 Å². The molecule has 9 heteroatoms. The molecule has 2 aromatic heterocycles. The van der Waals surface area contributed by atoms with Gasteiger partial charge in [-0.15, -0.1) is 0 Å². The highest BCUT2D eigenvalue weighted by Gasteiger charge is 2.07. The first-order valence-electron chi connectivity index (χ1n) is 8.12. The van der Waals surface area contributed by atoms with Crippen LogP contribution >= 0.6 is 0 Å². The molecule has 0 radical (unpaired) electrons. The van der Waals surface area contributed by atoms with E-state index in [9.17, 15) is 9.59 Å². The van der Waals surface area contributed by atoms with Crippen LogP contribution in [0.15, 0.2) is 57.7 Å². The fourth-order valence-corrected chi connectivity index (χ4v) is 2.14. The third-order valence-corrected chi connectivity index (χ3v) is 3.39. The lowest BCUT2D eigenvalue weighted by Gasteiger charge is -2.08. The summed E-state index contributed by atoms with van der Waals surface area (Å²) in [5, 5.41) is 11.7. The molecule has 0 spiro atoms. The molecule has 3 N–H and O–H groups in total. The van der Waals surface area contributed by atoms with Gasteiger partial charge in [0.25, 0.3) is 11.8 Å². The largest absolute Gasteiger partial charge is 0.467 e. The zero-order chi connectivity index (χ0) is 19.1. The highest BCUT2D eigenvalue weighted by molar-refractivity contribution is 5.93. The number of rotatable bonds is 7. The molecule has 0 fully saturated rings. The summed E-state index contributed by atoms with van der Waals surface area (Å²) in [6.07, 6.45) is 1.54. The third-order valence-electron chi connectivity index (χ3n) is 3.39. The normalized spacial score (nSPS) is 10.3. The molecule has 0 aliphatic heterocycles. The third kappa shape index (κ3) is 5.63. The van der Waals surface area contributed by atoms with Crippen molar-refractivity contribution in [3.63, 3.8) is 0 Å². The Morgan fingerprint density at radius 1 is 1.11 bits per heavy atom. The number of anilines is 2. The highest BCUT2D eigenvalue weighted by atomic mass is 16.5. The SMILES string of the molecule is Cc1cc(OCC(=O)Nc2ccc(NC(=O)NCc3ccco3)cc2)no1. The van der Waals surface area contributed by atoms with Crippen molar-refractivity contribution >= 4 is 23.3 Å².